The summed E-state index contributed by atoms with van der Waals surface area (Å²) >= 11 is 6.14. The molecule has 0 aromatic heterocycles. The van der Waals surface area contributed by atoms with Gasteiger partial charge in [0.15, 0.2) is 0 Å². The number of halogens is 1. The van der Waals surface area contributed by atoms with Gasteiger partial charge in [0.1, 0.15) is 0 Å². The molecule has 2 aliphatic heterocycles. The summed E-state index contributed by atoms with van der Waals surface area (Å²) in [5, 5.41) is 0.469. The number of hydrogen-bond acceptors (Lipinski definition) is 3. The molecule has 0 saturated carbocycles. The number of carbonyl (C=O) groups excluding carboxylic acids is 1. The van der Waals surface area contributed by atoms with Crippen LogP contribution in [0.4, 0.5) is 0 Å². The number of hydrogen-bond donors (Lipinski definition) is 0. The first kappa shape index (κ1) is 23.3. The molecule has 32 heavy (non-hydrogen) atoms. The minimum absolute atomic E-state index is 0.0764. The second-order valence-corrected chi connectivity index (χ2v) is 11.4. The van der Waals surface area contributed by atoms with E-state index in [4.69, 9.17) is 11.6 Å². The van der Waals surface area contributed by atoms with Gasteiger partial charge in [-0.2, -0.15) is 0 Å². The Hall–Kier alpha value is -1.89. The van der Waals surface area contributed by atoms with Crippen LogP contribution in [0.25, 0.3) is 0 Å². The van der Waals surface area contributed by atoms with Crippen molar-refractivity contribution in [1.82, 2.24) is 9.21 Å². The Kier molecular flexibility index (Phi) is 7.54. The van der Waals surface area contributed by atoms with E-state index in [0.29, 0.717) is 42.4 Å². The summed E-state index contributed by atoms with van der Waals surface area (Å²) in [5.41, 5.74) is 1.98. The van der Waals surface area contributed by atoms with Crippen molar-refractivity contribution >= 4 is 27.5 Å². The quantitative estimate of drug-likeness (QED) is 0.624. The monoisotopic (exact) mass is 474 g/mol. The van der Waals surface area contributed by atoms with Gasteiger partial charge < -0.3 is 4.90 Å². The van der Waals surface area contributed by atoms with Gasteiger partial charge in [0, 0.05) is 37.1 Å². The van der Waals surface area contributed by atoms with Crippen LogP contribution < -0.4 is 0 Å². The van der Waals surface area contributed by atoms with Crippen molar-refractivity contribution < 1.29 is 13.2 Å². The Morgan fingerprint density at radius 2 is 1.50 bits per heavy atom. The molecule has 5 nitrogen and oxygen atoms in total. The molecule has 2 aromatic carbocycles. The van der Waals surface area contributed by atoms with Crippen LogP contribution >= 0.6 is 11.6 Å². The molecule has 2 aliphatic rings. The Morgan fingerprint density at radius 3 is 2.16 bits per heavy atom. The molecule has 1 amide bonds. The van der Waals surface area contributed by atoms with Gasteiger partial charge >= 0.3 is 0 Å². The predicted octanol–water partition coefficient (Wildman–Crippen LogP) is 4.36. The zero-order valence-electron chi connectivity index (χ0n) is 18.3. The summed E-state index contributed by atoms with van der Waals surface area (Å²) in [5.74, 6) is 0.650. The summed E-state index contributed by atoms with van der Waals surface area (Å²) < 4.78 is 27.2. The number of likely N-dealkylation sites (tertiary alicyclic amines) is 1. The maximum Gasteiger partial charge on any atom is 0.225 e. The van der Waals surface area contributed by atoms with Gasteiger partial charge in [-0.15, -0.1) is 0 Å². The van der Waals surface area contributed by atoms with Crippen molar-refractivity contribution in [3.05, 3.63) is 70.7 Å². The van der Waals surface area contributed by atoms with Crippen LogP contribution in [0.1, 0.15) is 36.8 Å². The van der Waals surface area contributed by atoms with E-state index in [2.05, 4.69) is 24.3 Å². The standard InChI is InChI=1S/C25H31ClN2O3S/c26-24-9-5-4-8-23(24)19-32(30,31)28-16-12-22(13-17-28)25(29)27-14-10-21(11-15-27)18-20-6-2-1-3-7-20/h1-9,21-22H,10-19H2. The smallest absolute Gasteiger partial charge is 0.225 e. The number of rotatable bonds is 6. The highest BCUT2D eigenvalue weighted by molar-refractivity contribution is 7.88. The number of carbonyl (C=O) groups is 1. The van der Waals surface area contributed by atoms with Gasteiger partial charge in [-0.05, 0) is 55.2 Å². The molecule has 2 fully saturated rings. The number of piperidine rings is 2. The van der Waals surface area contributed by atoms with Gasteiger partial charge in [0.05, 0.1) is 5.75 Å². The molecule has 0 N–H and O–H groups in total. The molecule has 0 bridgehead atoms. The molecule has 2 saturated heterocycles. The van der Waals surface area contributed by atoms with E-state index < -0.39 is 10.0 Å². The van der Waals surface area contributed by atoms with Gasteiger partial charge in [-0.1, -0.05) is 60.1 Å². The lowest BCUT2D eigenvalue weighted by atomic mass is 9.89. The summed E-state index contributed by atoms with van der Waals surface area (Å²) in [6, 6.07) is 17.6. The van der Waals surface area contributed by atoms with Gasteiger partial charge in [-0.25, -0.2) is 12.7 Å². The van der Waals surface area contributed by atoms with Gasteiger partial charge in [-0.3, -0.25) is 4.79 Å². The van der Waals surface area contributed by atoms with E-state index in [9.17, 15) is 13.2 Å². The largest absolute Gasteiger partial charge is 0.342 e. The third-order valence-corrected chi connectivity index (χ3v) is 8.98. The van der Waals surface area contributed by atoms with E-state index in [1.807, 2.05) is 11.0 Å². The van der Waals surface area contributed by atoms with Crippen molar-refractivity contribution in [1.29, 1.82) is 0 Å². The Morgan fingerprint density at radius 1 is 0.875 bits per heavy atom. The van der Waals surface area contributed by atoms with Crippen LogP contribution in [-0.2, 0) is 27.0 Å². The molecule has 172 valence electrons. The number of nitrogens with zero attached hydrogens (tertiary/aromatic N) is 2. The summed E-state index contributed by atoms with van der Waals surface area (Å²) in [6.07, 6.45) is 4.32. The van der Waals surface area contributed by atoms with Crippen LogP contribution in [0.15, 0.2) is 54.6 Å². The Labute approximate surface area is 196 Å². The average molecular weight is 475 g/mol. The maximum atomic E-state index is 13.1. The van der Waals surface area contributed by atoms with Crippen LogP contribution in [0.5, 0.6) is 0 Å². The highest BCUT2D eigenvalue weighted by Gasteiger charge is 2.34. The SMILES string of the molecule is O=C(C1CCN(S(=O)(=O)Cc2ccccc2Cl)CC1)N1CCC(Cc2ccccc2)CC1. The molecule has 2 aromatic rings. The predicted molar refractivity (Wildman–Crippen MR) is 128 cm³/mol. The van der Waals surface area contributed by atoms with E-state index in [-0.39, 0.29) is 17.6 Å². The molecule has 2 heterocycles. The minimum atomic E-state index is -3.45. The Bertz CT molecular complexity index is 1010. The fraction of sp³-hybridized carbons (Fsp3) is 0.480. The first-order chi connectivity index (χ1) is 15.4. The van der Waals surface area contributed by atoms with E-state index >= 15 is 0 Å². The zero-order chi connectivity index (χ0) is 22.6. The number of benzene rings is 2. The fourth-order valence-corrected chi connectivity index (χ4v) is 6.72. The molecule has 0 atom stereocenters. The van der Waals surface area contributed by atoms with Gasteiger partial charge in [0.2, 0.25) is 15.9 Å². The highest BCUT2D eigenvalue weighted by atomic mass is 35.5. The molecule has 0 aliphatic carbocycles. The first-order valence-electron chi connectivity index (χ1n) is 11.5. The molecular weight excluding hydrogens is 444 g/mol. The average Bonchev–Trinajstić information content (AvgIpc) is 2.81. The van der Waals surface area contributed by atoms with Crippen molar-refractivity contribution in [3.8, 4) is 0 Å². The van der Waals surface area contributed by atoms with E-state index in [1.165, 1.54) is 9.87 Å². The first-order valence-corrected chi connectivity index (χ1v) is 13.4. The summed E-state index contributed by atoms with van der Waals surface area (Å²) in [6.45, 7) is 2.41. The lowest BCUT2D eigenvalue weighted by Gasteiger charge is -2.37. The molecule has 4 rings (SSSR count). The van der Waals surface area contributed by atoms with Crippen LogP contribution in [0.2, 0.25) is 5.02 Å². The van der Waals surface area contributed by atoms with Crippen LogP contribution in [0, 0.1) is 11.8 Å². The fourth-order valence-electron chi connectivity index (χ4n) is 4.85. The summed E-state index contributed by atoms with van der Waals surface area (Å²) in [7, 11) is -3.45. The minimum Gasteiger partial charge on any atom is -0.342 e. The third kappa shape index (κ3) is 5.72. The molecule has 0 unspecified atom stereocenters. The molecule has 0 spiro atoms. The second-order valence-electron chi connectivity index (χ2n) is 8.98. The van der Waals surface area contributed by atoms with Crippen LogP contribution in [0.3, 0.4) is 0 Å². The van der Waals surface area contributed by atoms with Gasteiger partial charge in [0.25, 0.3) is 0 Å². The zero-order valence-corrected chi connectivity index (χ0v) is 19.9. The van der Waals surface area contributed by atoms with Crippen molar-refractivity contribution in [2.75, 3.05) is 26.2 Å². The molecule has 0 radical (unpaired) electrons. The summed E-state index contributed by atoms with van der Waals surface area (Å²) in [4.78, 5) is 15.1. The van der Waals surface area contributed by atoms with E-state index in [1.54, 1.807) is 24.3 Å². The topological polar surface area (TPSA) is 57.7 Å². The van der Waals surface area contributed by atoms with Crippen molar-refractivity contribution in [2.45, 2.75) is 37.9 Å². The highest BCUT2D eigenvalue weighted by Crippen LogP contribution is 2.28. The van der Waals surface area contributed by atoms with E-state index in [0.717, 1.165) is 32.4 Å². The molecule has 7 heteroatoms. The second kappa shape index (κ2) is 10.4. The number of sulfonamides is 1. The maximum absolute atomic E-state index is 13.1. The van der Waals surface area contributed by atoms with Crippen molar-refractivity contribution in [2.24, 2.45) is 11.8 Å². The molecular formula is C25H31ClN2O3S. The van der Waals surface area contributed by atoms with Crippen LogP contribution in [-0.4, -0.2) is 49.7 Å². The normalized spacial score (nSPS) is 19.2. The lowest BCUT2D eigenvalue weighted by Crippen LogP contribution is -2.46. The third-order valence-electron chi connectivity index (χ3n) is 6.79. The Balaban J connectivity index is 1.25. The lowest BCUT2D eigenvalue weighted by molar-refractivity contribution is -0.138. The number of amides is 1. The van der Waals surface area contributed by atoms with Crippen molar-refractivity contribution in [3.63, 3.8) is 0 Å².